The summed E-state index contributed by atoms with van der Waals surface area (Å²) in [6, 6.07) is 13.8. The summed E-state index contributed by atoms with van der Waals surface area (Å²) in [5, 5.41) is 13.3. The number of carbonyl (C=O) groups is 1. The van der Waals surface area contributed by atoms with Crippen LogP contribution in [-0.2, 0) is 9.53 Å². The molecule has 0 radical (unpaired) electrons. The van der Waals surface area contributed by atoms with E-state index in [9.17, 15) is 4.79 Å². The zero-order valence-corrected chi connectivity index (χ0v) is 16.6. The van der Waals surface area contributed by atoms with Crippen LogP contribution in [0.3, 0.4) is 0 Å². The summed E-state index contributed by atoms with van der Waals surface area (Å²) >= 11 is 5.07. The number of rotatable bonds is 8. The van der Waals surface area contributed by atoms with Crippen molar-refractivity contribution < 1.29 is 9.53 Å². The van der Waals surface area contributed by atoms with Gasteiger partial charge in [-0.25, -0.2) is 0 Å². The fraction of sp³-hybridized carbons (Fsp3) is 0.368. The Labute approximate surface area is 160 Å². The predicted octanol–water partition coefficient (Wildman–Crippen LogP) is 4.67. The van der Waals surface area contributed by atoms with Crippen LogP contribution < -0.4 is 5.32 Å². The maximum absolute atomic E-state index is 12.4. The molecule has 1 amide bonds. The van der Waals surface area contributed by atoms with Crippen molar-refractivity contribution >= 4 is 33.2 Å². The van der Waals surface area contributed by atoms with E-state index in [1.807, 2.05) is 61.7 Å². The van der Waals surface area contributed by atoms with E-state index in [1.54, 1.807) is 11.3 Å². The lowest BCUT2D eigenvalue weighted by atomic mass is 10.0. The Morgan fingerprint density at radius 3 is 2.64 bits per heavy atom. The molecular formula is C19H21BrN2O2S. The number of nitrogens with zero attached hydrogens (tertiary/aromatic N) is 1. The first-order chi connectivity index (χ1) is 12.0. The summed E-state index contributed by atoms with van der Waals surface area (Å²) in [4.78, 5) is 13.5. The first kappa shape index (κ1) is 19.6. The molecule has 2 atom stereocenters. The van der Waals surface area contributed by atoms with Gasteiger partial charge in [0.05, 0.1) is 6.07 Å². The van der Waals surface area contributed by atoms with Crippen molar-refractivity contribution in [3.05, 3.63) is 56.7 Å². The molecule has 1 aromatic carbocycles. The van der Waals surface area contributed by atoms with E-state index >= 15 is 0 Å². The third-order valence-electron chi connectivity index (χ3n) is 3.57. The highest BCUT2D eigenvalue weighted by molar-refractivity contribution is 9.10. The first-order valence-corrected chi connectivity index (χ1v) is 9.77. The number of hydrogen-bond acceptors (Lipinski definition) is 4. The zero-order valence-electron chi connectivity index (χ0n) is 14.2. The lowest BCUT2D eigenvalue weighted by Crippen LogP contribution is -2.38. The lowest BCUT2D eigenvalue weighted by Gasteiger charge is -2.25. The van der Waals surface area contributed by atoms with Gasteiger partial charge >= 0.3 is 0 Å². The quantitative estimate of drug-likeness (QED) is 0.630. The minimum Gasteiger partial charge on any atom is -0.355 e. The van der Waals surface area contributed by atoms with Gasteiger partial charge in [-0.05, 0) is 39.9 Å². The van der Waals surface area contributed by atoms with Crippen molar-refractivity contribution in [3.8, 4) is 6.07 Å². The molecule has 0 saturated carbocycles. The summed E-state index contributed by atoms with van der Waals surface area (Å²) in [5.74, 6) is 0.0520. The van der Waals surface area contributed by atoms with Gasteiger partial charge in [0, 0.05) is 14.7 Å². The molecule has 0 aliphatic heterocycles. The third kappa shape index (κ3) is 5.96. The second-order valence-electron chi connectivity index (χ2n) is 6.09. The van der Waals surface area contributed by atoms with Crippen LogP contribution in [-0.4, -0.2) is 18.6 Å². The highest BCUT2D eigenvalue weighted by Crippen LogP contribution is 2.34. The summed E-state index contributed by atoms with van der Waals surface area (Å²) in [7, 11) is 0. The number of nitrogens with one attached hydrogen (secondary N) is 1. The van der Waals surface area contributed by atoms with Crippen LogP contribution in [0.5, 0.6) is 0 Å². The highest BCUT2D eigenvalue weighted by Gasteiger charge is 2.27. The number of ether oxygens (including phenoxy) is 1. The van der Waals surface area contributed by atoms with Gasteiger partial charge < -0.3 is 10.1 Å². The Hall–Kier alpha value is -1.68. The molecule has 2 rings (SSSR count). The fourth-order valence-electron chi connectivity index (χ4n) is 2.46. The second kappa shape index (κ2) is 9.71. The van der Waals surface area contributed by atoms with E-state index in [1.165, 1.54) is 0 Å². The molecule has 1 aromatic heterocycles. The van der Waals surface area contributed by atoms with E-state index < -0.39 is 6.10 Å². The average molecular weight is 421 g/mol. The molecule has 4 nitrogen and oxygen atoms in total. The average Bonchev–Trinajstić information content (AvgIpc) is 3.02. The van der Waals surface area contributed by atoms with Gasteiger partial charge in [-0.1, -0.05) is 44.2 Å². The summed E-state index contributed by atoms with van der Waals surface area (Å²) in [6.45, 7) is 4.08. The minimum absolute atomic E-state index is 0.0165. The van der Waals surface area contributed by atoms with Gasteiger partial charge in [-0.15, -0.1) is 11.3 Å². The molecule has 0 aliphatic rings. The Morgan fingerprint density at radius 2 is 2.08 bits per heavy atom. The molecule has 0 aliphatic carbocycles. The monoisotopic (exact) mass is 420 g/mol. The van der Waals surface area contributed by atoms with Crippen LogP contribution in [0.1, 0.15) is 36.8 Å². The van der Waals surface area contributed by atoms with Gasteiger partial charge in [-0.3, -0.25) is 4.79 Å². The summed E-state index contributed by atoms with van der Waals surface area (Å²) in [5.41, 5.74) is 0.999. The molecular weight excluding hydrogens is 400 g/mol. The second-order valence-corrected chi connectivity index (χ2v) is 7.95. The zero-order chi connectivity index (χ0) is 18.2. The van der Waals surface area contributed by atoms with Crippen LogP contribution in [0.15, 0.2) is 46.3 Å². The smallest absolute Gasteiger partial charge is 0.250 e. The van der Waals surface area contributed by atoms with Crippen LogP contribution in [0.25, 0.3) is 0 Å². The molecule has 1 heterocycles. The van der Waals surface area contributed by atoms with Gasteiger partial charge in [0.1, 0.15) is 18.8 Å². The number of amides is 1. The number of halogens is 1. The Kier molecular flexibility index (Phi) is 7.63. The molecule has 2 aromatic rings. The Bertz CT molecular complexity index is 725. The maximum atomic E-state index is 12.4. The summed E-state index contributed by atoms with van der Waals surface area (Å²) < 4.78 is 7.27. The van der Waals surface area contributed by atoms with Crippen molar-refractivity contribution in [2.45, 2.75) is 32.5 Å². The van der Waals surface area contributed by atoms with Crippen LogP contribution >= 0.6 is 27.3 Å². The summed E-state index contributed by atoms with van der Waals surface area (Å²) in [6.07, 6.45) is -0.346. The van der Waals surface area contributed by atoms with Crippen molar-refractivity contribution in [3.63, 3.8) is 0 Å². The van der Waals surface area contributed by atoms with Crippen molar-refractivity contribution in [2.75, 3.05) is 6.54 Å². The highest BCUT2D eigenvalue weighted by atomic mass is 79.9. The topological polar surface area (TPSA) is 62.1 Å². The molecule has 0 fully saturated rings. The first-order valence-electron chi connectivity index (χ1n) is 8.10. The molecule has 132 valence electrons. The number of carbonyl (C=O) groups excluding carboxylic acids is 1. The molecule has 0 spiro atoms. The SMILES string of the molecule is CC(C)C[C@H](OC(c1ccccc1)c1cc(Br)cs1)C(=O)NCC#N. The van der Waals surface area contributed by atoms with E-state index in [0.717, 1.165) is 14.9 Å². The largest absolute Gasteiger partial charge is 0.355 e. The van der Waals surface area contributed by atoms with E-state index in [4.69, 9.17) is 10.00 Å². The van der Waals surface area contributed by atoms with Gasteiger partial charge in [0.25, 0.3) is 0 Å². The molecule has 1 N–H and O–H groups in total. The number of benzene rings is 1. The fourth-order valence-corrected chi connectivity index (χ4v) is 3.97. The van der Waals surface area contributed by atoms with Crippen molar-refractivity contribution in [2.24, 2.45) is 5.92 Å². The maximum Gasteiger partial charge on any atom is 0.250 e. The Morgan fingerprint density at radius 1 is 1.36 bits per heavy atom. The number of thiophene rings is 1. The van der Waals surface area contributed by atoms with Crippen LogP contribution in [0, 0.1) is 17.2 Å². The molecule has 0 bridgehead atoms. The van der Waals surface area contributed by atoms with Gasteiger partial charge in [-0.2, -0.15) is 5.26 Å². The van der Waals surface area contributed by atoms with Gasteiger partial charge in [0.2, 0.25) is 5.91 Å². The van der Waals surface area contributed by atoms with Crippen LogP contribution in [0.4, 0.5) is 0 Å². The van der Waals surface area contributed by atoms with Gasteiger partial charge in [0.15, 0.2) is 0 Å². The standard InChI is InChI=1S/C19H21BrN2O2S/c1-13(2)10-16(19(23)22-9-8-21)24-18(14-6-4-3-5-7-14)17-11-15(20)12-25-17/h3-7,11-13,16,18H,9-10H2,1-2H3,(H,22,23)/t16-,18?/m0/s1. The van der Waals surface area contributed by atoms with Crippen LogP contribution in [0.2, 0.25) is 0 Å². The number of hydrogen-bond donors (Lipinski definition) is 1. The molecule has 25 heavy (non-hydrogen) atoms. The molecule has 1 unspecified atom stereocenters. The van der Waals surface area contributed by atoms with E-state index in [-0.39, 0.29) is 18.6 Å². The lowest BCUT2D eigenvalue weighted by molar-refractivity contribution is -0.136. The van der Waals surface area contributed by atoms with Crippen molar-refractivity contribution in [1.82, 2.24) is 5.32 Å². The number of nitriles is 1. The molecule has 0 saturated heterocycles. The van der Waals surface area contributed by atoms with Crippen molar-refractivity contribution in [1.29, 1.82) is 5.26 Å². The van der Waals surface area contributed by atoms with E-state index in [2.05, 4.69) is 21.2 Å². The Balaban J connectivity index is 2.28. The normalized spacial score (nSPS) is 13.2. The predicted molar refractivity (Wildman–Crippen MR) is 103 cm³/mol. The third-order valence-corrected chi connectivity index (χ3v) is 5.31. The minimum atomic E-state index is -0.612. The molecule has 6 heteroatoms. The van der Waals surface area contributed by atoms with E-state index in [0.29, 0.717) is 12.3 Å².